The van der Waals surface area contributed by atoms with Gasteiger partial charge in [-0.2, -0.15) is 0 Å². The van der Waals surface area contributed by atoms with Crippen LogP contribution in [0.2, 0.25) is 0 Å². The van der Waals surface area contributed by atoms with Crippen molar-refractivity contribution >= 4 is 5.91 Å². The fraction of sp³-hybridized carbons (Fsp3) is 0.261. The van der Waals surface area contributed by atoms with Crippen molar-refractivity contribution in [3.8, 4) is 0 Å². The molecule has 28 heavy (non-hydrogen) atoms. The SMILES string of the molecule is Cc1c(C)c(C(=O)N[C@@H](C)c2ccccc2)n(Cc2c(F)cccc2F)c1C. The second-order valence-corrected chi connectivity index (χ2v) is 7.08. The molecule has 2 aromatic carbocycles. The third-order valence-corrected chi connectivity index (χ3v) is 5.38. The molecule has 5 heteroatoms. The van der Waals surface area contributed by atoms with E-state index >= 15 is 0 Å². The molecule has 1 atom stereocenters. The van der Waals surface area contributed by atoms with E-state index in [4.69, 9.17) is 0 Å². The number of halogens is 2. The van der Waals surface area contributed by atoms with Crippen molar-refractivity contribution in [3.63, 3.8) is 0 Å². The number of carbonyl (C=O) groups excluding carboxylic acids is 1. The molecule has 0 aliphatic rings. The summed E-state index contributed by atoms with van der Waals surface area (Å²) < 4.78 is 30.1. The molecule has 0 radical (unpaired) electrons. The van der Waals surface area contributed by atoms with Crippen LogP contribution >= 0.6 is 0 Å². The van der Waals surface area contributed by atoms with Gasteiger partial charge in [-0.3, -0.25) is 4.79 Å². The summed E-state index contributed by atoms with van der Waals surface area (Å²) in [6, 6.07) is 13.3. The second-order valence-electron chi connectivity index (χ2n) is 7.08. The van der Waals surface area contributed by atoms with Crippen LogP contribution in [0.25, 0.3) is 0 Å². The van der Waals surface area contributed by atoms with Gasteiger partial charge in [0.2, 0.25) is 0 Å². The standard InChI is InChI=1S/C23H24F2N2O/c1-14-15(2)22(23(28)26-16(3)18-9-6-5-7-10-18)27(17(14)4)13-19-20(24)11-8-12-21(19)25/h5-12,16H,13H2,1-4H3,(H,26,28)/t16-/m0/s1. The van der Waals surface area contributed by atoms with Crippen LogP contribution in [0.15, 0.2) is 48.5 Å². The monoisotopic (exact) mass is 382 g/mol. The number of hydrogen-bond acceptors (Lipinski definition) is 1. The van der Waals surface area contributed by atoms with Crippen molar-refractivity contribution in [3.05, 3.63) is 93.8 Å². The topological polar surface area (TPSA) is 34.0 Å². The number of rotatable bonds is 5. The van der Waals surface area contributed by atoms with E-state index in [1.54, 1.807) is 4.57 Å². The molecule has 0 fully saturated rings. The van der Waals surface area contributed by atoms with Crippen molar-refractivity contribution in [1.82, 2.24) is 9.88 Å². The van der Waals surface area contributed by atoms with Gasteiger partial charge in [-0.15, -0.1) is 0 Å². The minimum absolute atomic E-state index is 0.0402. The Morgan fingerprint density at radius 1 is 0.964 bits per heavy atom. The van der Waals surface area contributed by atoms with E-state index in [9.17, 15) is 13.6 Å². The zero-order chi connectivity index (χ0) is 20.4. The Morgan fingerprint density at radius 2 is 1.57 bits per heavy atom. The van der Waals surface area contributed by atoms with Crippen molar-refractivity contribution in [2.24, 2.45) is 0 Å². The highest BCUT2D eigenvalue weighted by Gasteiger charge is 2.23. The molecule has 1 aromatic heterocycles. The minimum Gasteiger partial charge on any atom is -0.344 e. The molecule has 0 spiro atoms. The van der Waals surface area contributed by atoms with Gasteiger partial charge < -0.3 is 9.88 Å². The van der Waals surface area contributed by atoms with Crippen molar-refractivity contribution in [2.45, 2.75) is 40.3 Å². The lowest BCUT2D eigenvalue weighted by Gasteiger charge is -2.17. The second kappa shape index (κ2) is 7.97. The summed E-state index contributed by atoms with van der Waals surface area (Å²) in [5.41, 5.74) is 3.94. The molecular formula is C23H24F2N2O. The molecule has 0 saturated carbocycles. The highest BCUT2D eigenvalue weighted by molar-refractivity contribution is 5.95. The first kappa shape index (κ1) is 19.8. The summed E-state index contributed by atoms with van der Waals surface area (Å²) >= 11 is 0. The average Bonchev–Trinajstić information content (AvgIpc) is 2.89. The first-order valence-electron chi connectivity index (χ1n) is 9.26. The minimum atomic E-state index is -0.618. The number of benzene rings is 2. The molecule has 0 bridgehead atoms. The number of aromatic nitrogens is 1. The third-order valence-electron chi connectivity index (χ3n) is 5.38. The first-order chi connectivity index (χ1) is 13.3. The largest absolute Gasteiger partial charge is 0.344 e. The van der Waals surface area contributed by atoms with Crippen molar-refractivity contribution < 1.29 is 13.6 Å². The van der Waals surface area contributed by atoms with Crippen LogP contribution < -0.4 is 5.32 Å². The van der Waals surface area contributed by atoms with Crippen LogP contribution in [0.4, 0.5) is 8.78 Å². The zero-order valence-electron chi connectivity index (χ0n) is 16.5. The van der Waals surface area contributed by atoms with Crippen molar-refractivity contribution in [2.75, 3.05) is 0 Å². The van der Waals surface area contributed by atoms with Gasteiger partial charge in [0.1, 0.15) is 17.3 Å². The summed E-state index contributed by atoms with van der Waals surface area (Å²) in [5, 5.41) is 3.00. The van der Waals surface area contributed by atoms with Gasteiger partial charge in [0.05, 0.1) is 12.6 Å². The van der Waals surface area contributed by atoms with E-state index in [0.29, 0.717) is 5.69 Å². The molecule has 0 saturated heterocycles. The number of nitrogens with one attached hydrogen (secondary N) is 1. The van der Waals surface area contributed by atoms with Gasteiger partial charge in [0, 0.05) is 11.3 Å². The van der Waals surface area contributed by atoms with Gasteiger partial charge in [-0.1, -0.05) is 36.4 Å². The van der Waals surface area contributed by atoms with E-state index in [-0.39, 0.29) is 24.1 Å². The van der Waals surface area contributed by atoms with Gasteiger partial charge in [0.25, 0.3) is 5.91 Å². The maximum atomic E-state index is 14.2. The highest BCUT2D eigenvalue weighted by atomic mass is 19.1. The number of carbonyl (C=O) groups is 1. The van der Waals surface area contributed by atoms with Crippen LogP contribution in [0.1, 0.15) is 51.4 Å². The van der Waals surface area contributed by atoms with Gasteiger partial charge in [0.15, 0.2) is 0 Å². The fourth-order valence-electron chi connectivity index (χ4n) is 3.44. The van der Waals surface area contributed by atoms with Crippen LogP contribution in [-0.4, -0.2) is 10.5 Å². The predicted octanol–water partition coefficient (Wildman–Crippen LogP) is 5.23. The molecule has 0 aliphatic heterocycles. The lowest BCUT2D eigenvalue weighted by Crippen LogP contribution is -2.29. The van der Waals surface area contributed by atoms with E-state index in [2.05, 4.69) is 5.32 Å². The normalized spacial score (nSPS) is 12.1. The molecule has 3 rings (SSSR count). The summed E-state index contributed by atoms with van der Waals surface area (Å²) in [6.45, 7) is 7.50. The maximum Gasteiger partial charge on any atom is 0.268 e. The molecule has 1 N–H and O–H groups in total. The van der Waals surface area contributed by atoms with Crippen molar-refractivity contribution in [1.29, 1.82) is 0 Å². The lowest BCUT2D eigenvalue weighted by atomic mass is 10.1. The van der Waals surface area contributed by atoms with E-state index < -0.39 is 11.6 Å². The summed E-state index contributed by atoms with van der Waals surface area (Å²) in [7, 11) is 0. The quantitative estimate of drug-likeness (QED) is 0.644. The zero-order valence-corrected chi connectivity index (χ0v) is 16.5. The highest BCUT2D eigenvalue weighted by Crippen LogP contribution is 2.25. The molecule has 1 amide bonds. The summed E-state index contributed by atoms with van der Waals surface area (Å²) in [6.07, 6.45) is 0. The van der Waals surface area contributed by atoms with E-state index in [1.165, 1.54) is 18.2 Å². The third kappa shape index (κ3) is 3.70. The Kier molecular flexibility index (Phi) is 5.63. The Hall–Kier alpha value is -2.95. The van der Waals surface area contributed by atoms with E-state index in [1.807, 2.05) is 58.0 Å². The van der Waals surface area contributed by atoms with Crippen LogP contribution in [0.5, 0.6) is 0 Å². The fourth-order valence-corrected chi connectivity index (χ4v) is 3.44. The number of hydrogen-bond donors (Lipinski definition) is 1. The molecule has 0 aliphatic carbocycles. The van der Waals surface area contributed by atoms with Gasteiger partial charge in [-0.25, -0.2) is 8.78 Å². The molecular weight excluding hydrogens is 358 g/mol. The van der Waals surface area contributed by atoms with Crippen LogP contribution in [0.3, 0.4) is 0 Å². The Labute approximate surface area is 164 Å². The lowest BCUT2D eigenvalue weighted by molar-refractivity contribution is 0.0930. The van der Waals surface area contributed by atoms with Gasteiger partial charge in [-0.05, 0) is 56.5 Å². The van der Waals surface area contributed by atoms with Crippen LogP contribution in [-0.2, 0) is 6.54 Å². The van der Waals surface area contributed by atoms with Gasteiger partial charge >= 0.3 is 0 Å². The summed E-state index contributed by atoms with van der Waals surface area (Å²) in [5.74, 6) is -1.50. The molecule has 0 unspecified atom stereocenters. The molecule has 3 aromatic rings. The Balaban J connectivity index is 1.97. The van der Waals surface area contributed by atoms with E-state index in [0.717, 1.165) is 22.4 Å². The smallest absolute Gasteiger partial charge is 0.268 e. The first-order valence-corrected chi connectivity index (χ1v) is 9.26. The molecule has 3 nitrogen and oxygen atoms in total. The predicted molar refractivity (Wildman–Crippen MR) is 106 cm³/mol. The van der Waals surface area contributed by atoms with Crippen LogP contribution in [0, 0.1) is 32.4 Å². The Bertz CT molecular complexity index is 989. The summed E-state index contributed by atoms with van der Waals surface area (Å²) in [4.78, 5) is 13.1. The molecule has 146 valence electrons. The molecule has 1 heterocycles. The average molecular weight is 382 g/mol. The maximum absolute atomic E-state index is 14.2. The number of nitrogens with zero attached hydrogens (tertiary/aromatic N) is 1. The number of amides is 1. The Morgan fingerprint density at radius 3 is 2.18 bits per heavy atom.